The third-order valence-corrected chi connectivity index (χ3v) is 2.26. The average molecular weight is 237 g/mol. The summed E-state index contributed by atoms with van der Waals surface area (Å²) < 4.78 is 10.3. The van der Waals surface area contributed by atoms with Gasteiger partial charge in [0.25, 0.3) is 0 Å². The normalized spacial score (nSPS) is 12.3. The van der Waals surface area contributed by atoms with Gasteiger partial charge in [-0.15, -0.1) is 0 Å². The largest absolute Gasteiger partial charge is 0.497 e. The van der Waals surface area contributed by atoms with E-state index in [9.17, 15) is 4.79 Å². The van der Waals surface area contributed by atoms with Crippen LogP contribution >= 0.6 is 0 Å². The molecule has 0 saturated carbocycles. The lowest BCUT2D eigenvalue weighted by Gasteiger charge is -2.17. The molecule has 0 bridgehead atoms. The highest BCUT2D eigenvalue weighted by Crippen LogP contribution is 2.12. The molecule has 0 unspecified atom stereocenters. The average Bonchev–Trinajstić information content (AvgIpc) is 2.28. The molecule has 1 atom stereocenters. The number of benzene rings is 1. The molecule has 0 spiro atoms. The Kier molecular flexibility index (Phi) is 4.97. The van der Waals surface area contributed by atoms with Crippen molar-refractivity contribution in [1.82, 2.24) is 4.90 Å². The molecule has 4 nitrogen and oxygen atoms in total. The summed E-state index contributed by atoms with van der Waals surface area (Å²) in [5.74, 6) is 0.421. The lowest BCUT2D eigenvalue weighted by atomic mass is 10.2. The predicted molar refractivity (Wildman–Crippen MR) is 66.4 cm³/mol. The Morgan fingerprint density at radius 3 is 2.35 bits per heavy atom. The minimum Gasteiger partial charge on any atom is -0.497 e. The summed E-state index contributed by atoms with van der Waals surface area (Å²) in [6.45, 7) is 2.59. The highest BCUT2D eigenvalue weighted by molar-refractivity contribution is 5.89. The zero-order valence-electron chi connectivity index (χ0n) is 10.8. The fourth-order valence-electron chi connectivity index (χ4n) is 1.53. The quantitative estimate of drug-likeness (QED) is 0.732. The van der Waals surface area contributed by atoms with Gasteiger partial charge < -0.3 is 14.4 Å². The number of ether oxygens (including phenoxy) is 2. The van der Waals surface area contributed by atoms with E-state index in [2.05, 4.69) is 0 Å². The molecule has 0 amide bonds. The molecule has 0 radical (unpaired) electrons. The minimum absolute atomic E-state index is 0.125. The van der Waals surface area contributed by atoms with Gasteiger partial charge >= 0.3 is 5.97 Å². The fraction of sp³-hybridized carbons (Fsp3) is 0.462. The third kappa shape index (κ3) is 4.44. The number of rotatable bonds is 5. The van der Waals surface area contributed by atoms with Gasteiger partial charge in [-0.1, -0.05) is 0 Å². The first-order chi connectivity index (χ1) is 8.02. The first-order valence-corrected chi connectivity index (χ1v) is 5.52. The topological polar surface area (TPSA) is 38.8 Å². The third-order valence-electron chi connectivity index (χ3n) is 2.26. The second-order valence-electron chi connectivity index (χ2n) is 4.21. The fourth-order valence-corrected chi connectivity index (χ4v) is 1.53. The SMILES string of the molecule is COc1ccc(C(=O)O[C@H](C)CN(C)C)cc1. The molecule has 0 aliphatic carbocycles. The Morgan fingerprint density at radius 1 is 1.29 bits per heavy atom. The molecule has 0 aromatic heterocycles. The van der Waals surface area contributed by atoms with Crippen molar-refractivity contribution in [1.29, 1.82) is 0 Å². The lowest BCUT2D eigenvalue weighted by molar-refractivity contribution is 0.0289. The van der Waals surface area contributed by atoms with Crippen molar-refractivity contribution in [3.63, 3.8) is 0 Å². The molecule has 0 heterocycles. The van der Waals surface area contributed by atoms with Crippen LogP contribution in [0.3, 0.4) is 0 Å². The summed E-state index contributed by atoms with van der Waals surface area (Å²) in [5.41, 5.74) is 0.538. The monoisotopic (exact) mass is 237 g/mol. The van der Waals surface area contributed by atoms with Crippen LogP contribution in [0.25, 0.3) is 0 Å². The molecule has 4 heteroatoms. The molecule has 0 aliphatic rings. The zero-order valence-corrected chi connectivity index (χ0v) is 10.8. The van der Waals surface area contributed by atoms with E-state index in [-0.39, 0.29) is 12.1 Å². The van der Waals surface area contributed by atoms with Crippen LogP contribution in [-0.2, 0) is 4.74 Å². The van der Waals surface area contributed by atoms with E-state index in [1.54, 1.807) is 31.4 Å². The molecule has 0 aliphatic heterocycles. The number of carbonyl (C=O) groups is 1. The number of carbonyl (C=O) groups excluding carboxylic acids is 1. The molecule has 0 saturated heterocycles. The highest BCUT2D eigenvalue weighted by atomic mass is 16.5. The first-order valence-electron chi connectivity index (χ1n) is 5.52. The van der Waals surface area contributed by atoms with Gasteiger partial charge in [0, 0.05) is 6.54 Å². The van der Waals surface area contributed by atoms with E-state index in [4.69, 9.17) is 9.47 Å². The zero-order chi connectivity index (χ0) is 12.8. The van der Waals surface area contributed by atoms with Crippen molar-refractivity contribution in [3.8, 4) is 5.75 Å². The molecule has 1 aromatic carbocycles. The van der Waals surface area contributed by atoms with Crippen molar-refractivity contribution < 1.29 is 14.3 Å². The molecule has 0 N–H and O–H groups in total. The van der Waals surface area contributed by atoms with E-state index < -0.39 is 0 Å². The van der Waals surface area contributed by atoms with Gasteiger partial charge in [-0.05, 0) is 45.3 Å². The Balaban J connectivity index is 2.57. The number of methoxy groups -OCH3 is 1. The Hall–Kier alpha value is -1.55. The maximum absolute atomic E-state index is 11.8. The van der Waals surface area contributed by atoms with Gasteiger partial charge in [-0.2, -0.15) is 0 Å². The number of hydrogen-bond donors (Lipinski definition) is 0. The van der Waals surface area contributed by atoms with Crippen LogP contribution in [0.5, 0.6) is 5.75 Å². The summed E-state index contributed by atoms with van der Waals surface area (Å²) in [5, 5.41) is 0. The van der Waals surface area contributed by atoms with Crippen LogP contribution in [0.1, 0.15) is 17.3 Å². The van der Waals surface area contributed by atoms with Crippen LogP contribution < -0.4 is 4.74 Å². The molecule has 1 aromatic rings. The van der Waals surface area contributed by atoms with Crippen molar-refractivity contribution in [2.75, 3.05) is 27.7 Å². The van der Waals surface area contributed by atoms with Crippen LogP contribution in [0, 0.1) is 0 Å². The van der Waals surface area contributed by atoms with Crippen LogP contribution in [0.15, 0.2) is 24.3 Å². The Labute approximate surface area is 102 Å². The summed E-state index contributed by atoms with van der Waals surface area (Å²) >= 11 is 0. The van der Waals surface area contributed by atoms with Crippen LogP contribution in [-0.4, -0.2) is 44.7 Å². The lowest BCUT2D eigenvalue weighted by Crippen LogP contribution is -2.28. The van der Waals surface area contributed by atoms with Crippen LogP contribution in [0.2, 0.25) is 0 Å². The summed E-state index contributed by atoms with van der Waals surface area (Å²) in [7, 11) is 5.47. The maximum atomic E-state index is 11.8. The Morgan fingerprint density at radius 2 is 1.88 bits per heavy atom. The predicted octanol–water partition coefficient (Wildman–Crippen LogP) is 1.80. The summed E-state index contributed by atoms with van der Waals surface area (Å²) in [4.78, 5) is 13.7. The van der Waals surface area contributed by atoms with Gasteiger partial charge in [0.15, 0.2) is 0 Å². The summed E-state index contributed by atoms with van der Waals surface area (Å²) in [6.07, 6.45) is -0.125. The molecular formula is C13H19NO3. The van der Waals surface area contributed by atoms with Crippen LogP contribution in [0.4, 0.5) is 0 Å². The number of likely N-dealkylation sites (N-methyl/N-ethyl adjacent to an activating group) is 1. The van der Waals surface area contributed by atoms with Gasteiger partial charge in [-0.3, -0.25) is 0 Å². The maximum Gasteiger partial charge on any atom is 0.338 e. The second kappa shape index (κ2) is 6.25. The molecule has 17 heavy (non-hydrogen) atoms. The van der Waals surface area contributed by atoms with E-state index in [1.807, 2.05) is 25.9 Å². The highest BCUT2D eigenvalue weighted by Gasteiger charge is 2.12. The van der Waals surface area contributed by atoms with Gasteiger partial charge in [0.05, 0.1) is 12.7 Å². The van der Waals surface area contributed by atoms with Crippen molar-refractivity contribution in [2.45, 2.75) is 13.0 Å². The van der Waals surface area contributed by atoms with E-state index in [1.165, 1.54) is 0 Å². The standard InChI is InChI=1S/C13H19NO3/c1-10(9-14(2)3)17-13(15)11-5-7-12(16-4)8-6-11/h5-8,10H,9H2,1-4H3/t10-/m1/s1. The first kappa shape index (κ1) is 13.5. The minimum atomic E-state index is -0.304. The van der Waals surface area contributed by atoms with Gasteiger partial charge in [-0.25, -0.2) is 4.79 Å². The molecule has 94 valence electrons. The van der Waals surface area contributed by atoms with E-state index in [0.717, 1.165) is 5.75 Å². The van der Waals surface area contributed by atoms with Gasteiger partial charge in [0.2, 0.25) is 0 Å². The smallest absolute Gasteiger partial charge is 0.338 e. The number of hydrogen-bond acceptors (Lipinski definition) is 4. The van der Waals surface area contributed by atoms with E-state index >= 15 is 0 Å². The van der Waals surface area contributed by atoms with Crippen molar-refractivity contribution in [3.05, 3.63) is 29.8 Å². The molecule has 1 rings (SSSR count). The summed E-state index contributed by atoms with van der Waals surface area (Å²) in [6, 6.07) is 6.88. The number of nitrogens with zero attached hydrogens (tertiary/aromatic N) is 1. The van der Waals surface area contributed by atoms with Crippen molar-refractivity contribution in [2.24, 2.45) is 0 Å². The molecular weight excluding hydrogens is 218 g/mol. The number of esters is 1. The second-order valence-corrected chi connectivity index (χ2v) is 4.21. The van der Waals surface area contributed by atoms with E-state index in [0.29, 0.717) is 12.1 Å². The van der Waals surface area contributed by atoms with Crippen molar-refractivity contribution >= 4 is 5.97 Å². The molecule has 0 fully saturated rings. The Bertz CT molecular complexity index is 359. The van der Waals surface area contributed by atoms with Gasteiger partial charge in [0.1, 0.15) is 11.9 Å².